The third kappa shape index (κ3) is 3.51. The van der Waals surface area contributed by atoms with E-state index in [0.717, 1.165) is 19.2 Å². The quantitative estimate of drug-likeness (QED) is 0.861. The van der Waals surface area contributed by atoms with Gasteiger partial charge in [-0.05, 0) is 7.05 Å². The maximum absolute atomic E-state index is 13.6. The summed E-state index contributed by atoms with van der Waals surface area (Å²) >= 11 is 0. The number of nitrogens with one attached hydrogen (secondary N) is 2. The Bertz CT molecular complexity index is 444. The van der Waals surface area contributed by atoms with Crippen molar-refractivity contribution in [3.63, 3.8) is 0 Å². The Morgan fingerprint density at radius 1 is 1.42 bits per heavy atom. The fourth-order valence-corrected chi connectivity index (χ4v) is 1.97. The molecule has 7 heteroatoms. The lowest BCUT2D eigenvalue weighted by atomic mass is 10.3. The number of anilines is 2. The molecule has 0 aromatic carbocycles. The Balaban J connectivity index is 1.99. The Kier molecular flexibility index (Phi) is 4.49. The minimum atomic E-state index is -0.709. The average molecular weight is 272 g/mol. The lowest BCUT2D eigenvalue weighted by Crippen LogP contribution is -2.43. The first-order chi connectivity index (χ1) is 9.10. The van der Waals surface area contributed by atoms with Crippen LogP contribution in [0.2, 0.25) is 0 Å². The molecule has 0 radical (unpaired) electrons. The molecule has 1 atom stereocenters. The van der Waals surface area contributed by atoms with E-state index in [1.165, 1.54) is 7.05 Å². The van der Waals surface area contributed by atoms with Crippen LogP contribution >= 0.6 is 0 Å². The molecule has 0 spiro atoms. The molecule has 1 unspecified atom stereocenters. The summed E-state index contributed by atoms with van der Waals surface area (Å²) in [5.41, 5.74) is 0. The van der Waals surface area contributed by atoms with E-state index in [1.807, 2.05) is 7.05 Å². The Morgan fingerprint density at radius 3 is 2.84 bits per heavy atom. The SMILES string of the molecule is CNc1nc(NCC2CN(C)CCO2)c(F)cc1F. The largest absolute Gasteiger partial charge is 0.374 e. The van der Waals surface area contributed by atoms with E-state index >= 15 is 0 Å². The first-order valence-corrected chi connectivity index (χ1v) is 6.18. The molecule has 5 nitrogen and oxygen atoms in total. The highest BCUT2D eigenvalue weighted by molar-refractivity contribution is 5.47. The summed E-state index contributed by atoms with van der Waals surface area (Å²) in [5.74, 6) is -1.37. The average Bonchev–Trinajstić information content (AvgIpc) is 2.38. The van der Waals surface area contributed by atoms with Gasteiger partial charge in [0.05, 0.1) is 12.7 Å². The second-order valence-electron chi connectivity index (χ2n) is 4.54. The molecule has 1 saturated heterocycles. The van der Waals surface area contributed by atoms with E-state index in [1.54, 1.807) is 0 Å². The fraction of sp³-hybridized carbons (Fsp3) is 0.583. The van der Waals surface area contributed by atoms with Gasteiger partial charge in [0.25, 0.3) is 0 Å². The van der Waals surface area contributed by atoms with Gasteiger partial charge < -0.3 is 20.3 Å². The van der Waals surface area contributed by atoms with Crippen LogP contribution in [0.1, 0.15) is 0 Å². The van der Waals surface area contributed by atoms with Crippen LogP contribution in [0.25, 0.3) is 0 Å². The monoisotopic (exact) mass is 272 g/mol. The van der Waals surface area contributed by atoms with E-state index in [2.05, 4.69) is 20.5 Å². The van der Waals surface area contributed by atoms with Crippen LogP contribution in [0, 0.1) is 11.6 Å². The van der Waals surface area contributed by atoms with Gasteiger partial charge in [0.2, 0.25) is 0 Å². The third-order valence-electron chi connectivity index (χ3n) is 3.01. The number of morpholine rings is 1. The number of ether oxygens (including phenoxy) is 1. The molecule has 2 N–H and O–H groups in total. The molecule has 1 aliphatic heterocycles. The predicted octanol–water partition coefficient (Wildman–Crippen LogP) is 1.14. The Morgan fingerprint density at radius 2 is 2.16 bits per heavy atom. The second-order valence-corrected chi connectivity index (χ2v) is 4.54. The summed E-state index contributed by atoms with van der Waals surface area (Å²) in [6.45, 7) is 2.76. The zero-order chi connectivity index (χ0) is 13.8. The number of aromatic nitrogens is 1. The van der Waals surface area contributed by atoms with Gasteiger partial charge in [-0.15, -0.1) is 0 Å². The van der Waals surface area contributed by atoms with Gasteiger partial charge in [-0.3, -0.25) is 0 Å². The van der Waals surface area contributed by atoms with Crippen molar-refractivity contribution < 1.29 is 13.5 Å². The van der Waals surface area contributed by atoms with Gasteiger partial charge in [-0.25, -0.2) is 13.8 Å². The Hall–Kier alpha value is -1.47. The molecule has 0 bridgehead atoms. The number of pyridine rings is 1. The Labute approximate surface area is 111 Å². The maximum atomic E-state index is 13.6. The highest BCUT2D eigenvalue weighted by atomic mass is 19.1. The molecular formula is C12H18F2N4O. The van der Waals surface area contributed by atoms with E-state index in [9.17, 15) is 8.78 Å². The molecule has 2 rings (SSSR count). The van der Waals surface area contributed by atoms with Crippen molar-refractivity contribution in [3.05, 3.63) is 17.7 Å². The zero-order valence-corrected chi connectivity index (χ0v) is 11.0. The van der Waals surface area contributed by atoms with Gasteiger partial charge in [-0.2, -0.15) is 0 Å². The number of nitrogens with zero attached hydrogens (tertiary/aromatic N) is 2. The first-order valence-electron chi connectivity index (χ1n) is 6.18. The minimum Gasteiger partial charge on any atom is -0.374 e. The van der Waals surface area contributed by atoms with Crippen molar-refractivity contribution in [2.24, 2.45) is 0 Å². The highest BCUT2D eigenvalue weighted by Gasteiger charge is 2.18. The second kappa shape index (κ2) is 6.12. The predicted molar refractivity (Wildman–Crippen MR) is 69.4 cm³/mol. The summed E-state index contributed by atoms with van der Waals surface area (Å²) in [7, 11) is 3.54. The smallest absolute Gasteiger partial charge is 0.168 e. The number of likely N-dealkylation sites (N-methyl/N-ethyl adjacent to an activating group) is 1. The molecular weight excluding hydrogens is 254 g/mol. The molecule has 1 aromatic heterocycles. The molecule has 0 aliphatic carbocycles. The molecule has 1 fully saturated rings. The van der Waals surface area contributed by atoms with Crippen molar-refractivity contribution in [2.75, 3.05) is 51.0 Å². The highest BCUT2D eigenvalue weighted by Crippen LogP contribution is 2.18. The zero-order valence-electron chi connectivity index (χ0n) is 11.0. The summed E-state index contributed by atoms with van der Waals surface area (Å²) in [6, 6.07) is 0.815. The maximum Gasteiger partial charge on any atom is 0.168 e. The van der Waals surface area contributed by atoms with Gasteiger partial charge >= 0.3 is 0 Å². The molecule has 0 amide bonds. The van der Waals surface area contributed by atoms with Crippen LogP contribution in [0.3, 0.4) is 0 Å². The number of hydrogen-bond acceptors (Lipinski definition) is 5. The van der Waals surface area contributed by atoms with Crippen LogP contribution in [-0.4, -0.2) is 56.3 Å². The lowest BCUT2D eigenvalue weighted by molar-refractivity contribution is -0.0117. The molecule has 106 valence electrons. The van der Waals surface area contributed by atoms with Gasteiger partial charge in [0.1, 0.15) is 0 Å². The van der Waals surface area contributed by atoms with Gasteiger partial charge in [0.15, 0.2) is 23.3 Å². The molecule has 19 heavy (non-hydrogen) atoms. The topological polar surface area (TPSA) is 49.4 Å². The lowest BCUT2D eigenvalue weighted by Gasteiger charge is -2.30. The van der Waals surface area contributed by atoms with Gasteiger partial charge in [-0.1, -0.05) is 0 Å². The van der Waals surface area contributed by atoms with Gasteiger partial charge in [0, 0.05) is 32.7 Å². The third-order valence-corrected chi connectivity index (χ3v) is 3.01. The number of hydrogen-bond donors (Lipinski definition) is 2. The van der Waals surface area contributed by atoms with Crippen LogP contribution in [0.15, 0.2) is 6.07 Å². The summed E-state index contributed by atoms with van der Waals surface area (Å²) in [4.78, 5) is 5.99. The molecule has 2 heterocycles. The van der Waals surface area contributed by atoms with Crippen LogP contribution in [0.5, 0.6) is 0 Å². The number of halogens is 2. The molecule has 1 aliphatic rings. The van der Waals surface area contributed by atoms with E-state index in [-0.39, 0.29) is 17.7 Å². The van der Waals surface area contributed by atoms with E-state index < -0.39 is 11.6 Å². The van der Waals surface area contributed by atoms with Crippen LogP contribution in [-0.2, 0) is 4.74 Å². The van der Waals surface area contributed by atoms with Crippen LogP contribution in [0.4, 0.5) is 20.4 Å². The summed E-state index contributed by atoms with van der Waals surface area (Å²) in [5, 5.41) is 5.44. The molecule has 1 aromatic rings. The van der Waals surface area contributed by atoms with Crippen molar-refractivity contribution in [2.45, 2.75) is 6.10 Å². The summed E-state index contributed by atoms with van der Waals surface area (Å²) in [6.07, 6.45) is -0.0250. The van der Waals surface area contributed by atoms with E-state index in [4.69, 9.17) is 4.74 Å². The van der Waals surface area contributed by atoms with Crippen molar-refractivity contribution in [1.82, 2.24) is 9.88 Å². The normalized spacial score (nSPS) is 20.3. The standard InChI is InChI=1S/C12H18F2N4O/c1-15-11-9(13)5-10(14)12(17-11)16-6-8-7-18(2)3-4-19-8/h5,8H,3-4,6-7H2,1-2H3,(H2,15,16,17). The fourth-order valence-electron chi connectivity index (χ4n) is 1.97. The van der Waals surface area contributed by atoms with Crippen molar-refractivity contribution in [1.29, 1.82) is 0 Å². The van der Waals surface area contributed by atoms with Crippen LogP contribution < -0.4 is 10.6 Å². The van der Waals surface area contributed by atoms with Crippen molar-refractivity contribution >= 4 is 11.6 Å². The number of rotatable bonds is 4. The summed E-state index contributed by atoms with van der Waals surface area (Å²) < 4.78 is 32.4. The first kappa shape index (κ1) is 14.0. The minimum absolute atomic E-state index is 0.0191. The van der Waals surface area contributed by atoms with Crippen molar-refractivity contribution in [3.8, 4) is 0 Å². The molecule has 0 saturated carbocycles. The van der Waals surface area contributed by atoms with E-state index in [0.29, 0.717) is 13.2 Å².